The largest absolute Gasteiger partial charge is 0.393 e. The van der Waals surface area contributed by atoms with E-state index >= 15 is 0 Å². The van der Waals surface area contributed by atoms with Crippen LogP contribution >= 0.6 is 0 Å². The normalized spacial score (nSPS) is 11.0. The van der Waals surface area contributed by atoms with Crippen molar-refractivity contribution in [2.24, 2.45) is 0 Å². The smallest absolute Gasteiger partial charge is 0.293 e. The molecule has 2 N–H and O–H groups in total. The van der Waals surface area contributed by atoms with Gasteiger partial charge in [0.1, 0.15) is 5.69 Å². The predicted octanol–water partition coefficient (Wildman–Crippen LogP) is 1.14. The van der Waals surface area contributed by atoms with E-state index in [2.05, 4.69) is 6.58 Å². The Morgan fingerprint density at radius 1 is 1.50 bits per heavy atom. The predicted molar refractivity (Wildman–Crippen MR) is 59.8 cm³/mol. The zero-order valence-electron chi connectivity index (χ0n) is 8.29. The molecule has 0 bridgehead atoms. The van der Waals surface area contributed by atoms with Gasteiger partial charge in [0.2, 0.25) is 0 Å². The van der Waals surface area contributed by atoms with Crippen LogP contribution in [0.2, 0.25) is 0 Å². The fourth-order valence-corrected chi connectivity index (χ4v) is 2.20. The number of nitrogens with two attached hydrogens (primary N) is 1. The van der Waals surface area contributed by atoms with E-state index in [1.807, 2.05) is 0 Å². The molecule has 0 heterocycles. The summed E-state index contributed by atoms with van der Waals surface area (Å²) in [5, 5.41) is 10.6. The Hall–Kier alpha value is -1.89. The molecule has 0 atom stereocenters. The zero-order chi connectivity index (χ0) is 12.3. The number of hydrogen-bond acceptors (Lipinski definition) is 5. The number of nitro benzene ring substituents is 1. The summed E-state index contributed by atoms with van der Waals surface area (Å²) in [4.78, 5) is 9.72. The van der Waals surface area contributed by atoms with Crippen LogP contribution < -0.4 is 5.73 Å². The molecule has 0 spiro atoms. The summed E-state index contributed by atoms with van der Waals surface area (Å²) in [6, 6.07) is 3.39. The first-order valence-electron chi connectivity index (χ1n) is 4.26. The van der Waals surface area contributed by atoms with Gasteiger partial charge in [0.05, 0.1) is 15.6 Å². The molecular formula is C9H10N2O4S. The van der Waals surface area contributed by atoms with Crippen LogP contribution in [0.5, 0.6) is 0 Å². The van der Waals surface area contributed by atoms with Crippen LogP contribution in [0.1, 0.15) is 0 Å². The van der Waals surface area contributed by atoms with E-state index in [1.165, 1.54) is 18.2 Å². The molecule has 16 heavy (non-hydrogen) atoms. The monoisotopic (exact) mass is 242 g/mol. The van der Waals surface area contributed by atoms with Crippen LogP contribution in [0.25, 0.3) is 0 Å². The fourth-order valence-electron chi connectivity index (χ4n) is 1.13. The molecule has 0 radical (unpaired) electrons. The summed E-state index contributed by atoms with van der Waals surface area (Å²) in [6.07, 6.45) is 1.22. The molecule has 0 aromatic heterocycles. The lowest BCUT2D eigenvalue weighted by Crippen LogP contribution is -2.06. The van der Waals surface area contributed by atoms with E-state index < -0.39 is 20.4 Å². The maximum Gasteiger partial charge on any atom is 0.293 e. The molecule has 86 valence electrons. The zero-order valence-corrected chi connectivity index (χ0v) is 9.11. The van der Waals surface area contributed by atoms with Crippen LogP contribution in [-0.2, 0) is 9.84 Å². The van der Waals surface area contributed by atoms with Crippen molar-refractivity contribution in [2.75, 3.05) is 11.5 Å². The molecule has 0 aliphatic carbocycles. The second kappa shape index (κ2) is 4.31. The maximum atomic E-state index is 11.6. The van der Waals surface area contributed by atoms with Crippen LogP contribution in [0, 0.1) is 10.1 Å². The van der Waals surface area contributed by atoms with Crippen molar-refractivity contribution in [3.63, 3.8) is 0 Å². The average molecular weight is 242 g/mol. The van der Waals surface area contributed by atoms with Crippen LogP contribution in [-0.4, -0.2) is 19.1 Å². The van der Waals surface area contributed by atoms with Gasteiger partial charge >= 0.3 is 0 Å². The van der Waals surface area contributed by atoms with Crippen molar-refractivity contribution in [1.29, 1.82) is 0 Å². The number of benzene rings is 1. The van der Waals surface area contributed by atoms with E-state index in [1.54, 1.807) is 0 Å². The van der Waals surface area contributed by atoms with Gasteiger partial charge in [-0.1, -0.05) is 6.08 Å². The first kappa shape index (κ1) is 12.2. The highest BCUT2D eigenvalue weighted by Crippen LogP contribution is 2.25. The molecule has 0 fully saturated rings. The first-order chi connectivity index (χ1) is 7.38. The molecule has 1 aromatic carbocycles. The van der Waals surface area contributed by atoms with Crippen LogP contribution in [0.4, 0.5) is 11.4 Å². The SMILES string of the molecule is C=CCS(=O)(=O)c1ccc(N)c([N+](=O)[O-])c1. The lowest BCUT2D eigenvalue weighted by Gasteiger charge is -2.02. The summed E-state index contributed by atoms with van der Waals surface area (Å²) in [5.41, 5.74) is 4.87. The minimum atomic E-state index is -3.56. The van der Waals surface area contributed by atoms with Gasteiger partial charge in [-0.05, 0) is 12.1 Å². The minimum Gasteiger partial charge on any atom is -0.393 e. The van der Waals surface area contributed by atoms with Gasteiger partial charge in [-0.2, -0.15) is 0 Å². The summed E-state index contributed by atoms with van der Waals surface area (Å²) in [6.45, 7) is 3.31. The Balaban J connectivity index is 3.33. The highest BCUT2D eigenvalue weighted by atomic mass is 32.2. The molecular weight excluding hydrogens is 232 g/mol. The third-order valence-electron chi connectivity index (χ3n) is 1.89. The highest BCUT2D eigenvalue weighted by molar-refractivity contribution is 7.91. The molecule has 7 heteroatoms. The minimum absolute atomic E-state index is 0.0671. The van der Waals surface area contributed by atoms with Crippen molar-refractivity contribution in [2.45, 2.75) is 4.90 Å². The first-order valence-corrected chi connectivity index (χ1v) is 5.91. The number of sulfone groups is 1. The van der Waals surface area contributed by atoms with Crippen LogP contribution in [0.15, 0.2) is 35.7 Å². The number of anilines is 1. The molecule has 0 unspecified atom stereocenters. The molecule has 1 aromatic rings. The summed E-state index contributed by atoms with van der Waals surface area (Å²) < 4.78 is 23.2. The van der Waals surface area contributed by atoms with Crippen molar-refractivity contribution in [3.8, 4) is 0 Å². The Morgan fingerprint density at radius 3 is 2.62 bits per heavy atom. The standard InChI is InChI=1S/C9H10N2O4S/c1-2-5-16(14,15)7-3-4-8(10)9(6-7)11(12)13/h2-4,6H,1,5,10H2. The van der Waals surface area contributed by atoms with Gasteiger partial charge in [0.25, 0.3) is 5.69 Å². The fraction of sp³-hybridized carbons (Fsp3) is 0.111. The summed E-state index contributed by atoms with van der Waals surface area (Å²) in [7, 11) is -3.56. The Morgan fingerprint density at radius 2 is 2.12 bits per heavy atom. The Labute approximate surface area is 92.5 Å². The van der Waals surface area contributed by atoms with Gasteiger partial charge in [-0.15, -0.1) is 6.58 Å². The summed E-state index contributed by atoms with van der Waals surface area (Å²) in [5.74, 6) is -0.270. The molecule has 1 rings (SSSR count). The van der Waals surface area contributed by atoms with Gasteiger partial charge in [0.15, 0.2) is 9.84 Å². The van der Waals surface area contributed by atoms with Gasteiger partial charge in [-0.3, -0.25) is 10.1 Å². The number of rotatable bonds is 4. The van der Waals surface area contributed by atoms with Crippen molar-refractivity contribution in [3.05, 3.63) is 41.0 Å². The third-order valence-corrected chi connectivity index (χ3v) is 3.54. The lowest BCUT2D eigenvalue weighted by molar-refractivity contribution is -0.384. The third kappa shape index (κ3) is 2.37. The molecule has 0 aliphatic heterocycles. The van der Waals surface area contributed by atoms with Crippen LogP contribution in [0.3, 0.4) is 0 Å². The van der Waals surface area contributed by atoms with E-state index in [9.17, 15) is 18.5 Å². The lowest BCUT2D eigenvalue weighted by atomic mass is 10.3. The summed E-state index contributed by atoms with van der Waals surface area (Å²) >= 11 is 0. The van der Waals surface area contributed by atoms with E-state index in [4.69, 9.17) is 5.73 Å². The van der Waals surface area contributed by atoms with E-state index in [0.29, 0.717) is 0 Å². The second-order valence-corrected chi connectivity index (χ2v) is 5.08. The van der Waals surface area contributed by atoms with Crippen molar-refractivity contribution >= 4 is 21.2 Å². The number of nitrogen functional groups attached to an aromatic ring is 1. The highest BCUT2D eigenvalue weighted by Gasteiger charge is 2.18. The van der Waals surface area contributed by atoms with Gasteiger partial charge in [-0.25, -0.2) is 8.42 Å². The maximum absolute atomic E-state index is 11.6. The number of hydrogen-bond donors (Lipinski definition) is 1. The molecule has 6 nitrogen and oxygen atoms in total. The average Bonchev–Trinajstić information content (AvgIpc) is 2.17. The number of nitro groups is 1. The quantitative estimate of drug-likeness (QED) is 0.369. The van der Waals surface area contributed by atoms with E-state index in [0.717, 1.165) is 6.07 Å². The molecule has 0 amide bonds. The van der Waals surface area contributed by atoms with Gasteiger partial charge < -0.3 is 5.73 Å². The molecule has 0 aliphatic rings. The molecule has 0 saturated carbocycles. The van der Waals surface area contributed by atoms with Crippen molar-refractivity contribution in [1.82, 2.24) is 0 Å². The van der Waals surface area contributed by atoms with E-state index in [-0.39, 0.29) is 16.3 Å². The topological polar surface area (TPSA) is 103 Å². The Bertz CT molecular complexity index is 536. The van der Waals surface area contributed by atoms with Crippen molar-refractivity contribution < 1.29 is 13.3 Å². The second-order valence-electron chi connectivity index (χ2n) is 3.05. The van der Waals surface area contributed by atoms with Gasteiger partial charge in [0, 0.05) is 6.07 Å². The number of nitrogens with zero attached hydrogens (tertiary/aromatic N) is 1. The Kier molecular flexibility index (Phi) is 3.28. The molecule has 0 saturated heterocycles.